The molecule has 2 rings (SSSR count). The summed E-state index contributed by atoms with van der Waals surface area (Å²) in [5, 5.41) is 8.85. The molecule has 0 aromatic heterocycles. The van der Waals surface area contributed by atoms with Gasteiger partial charge in [0.1, 0.15) is 5.75 Å². The van der Waals surface area contributed by atoms with E-state index in [1.807, 2.05) is 49.4 Å². The van der Waals surface area contributed by atoms with E-state index in [1.165, 1.54) is 0 Å². The number of para-hydroxylation sites is 1. The Balaban J connectivity index is 2.57. The highest BCUT2D eigenvalue weighted by Gasteiger charge is 2.07. The van der Waals surface area contributed by atoms with E-state index in [0.717, 1.165) is 22.4 Å². The molecule has 0 aliphatic carbocycles. The number of nitriles is 1. The summed E-state index contributed by atoms with van der Waals surface area (Å²) in [6, 6.07) is 15.7. The Morgan fingerprint density at radius 2 is 1.82 bits per heavy atom. The molecular formula is C15H13NO. The van der Waals surface area contributed by atoms with Crippen LogP contribution in [-0.2, 0) is 0 Å². The van der Waals surface area contributed by atoms with Gasteiger partial charge in [0.05, 0.1) is 18.7 Å². The van der Waals surface area contributed by atoms with Crippen LogP contribution in [-0.4, -0.2) is 7.11 Å². The quantitative estimate of drug-likeness (QED) is 0.780. The van der Waals surface area contributed by atoms with E-state index in [2.05, 4.69) is 6.07 Å². The van der Waals surface area contributed by atoms with Crippen molar-refractivity contribution in [1.82, 2.24) is 0 Å². The largest absolute Gasteiger partial charge is 0.496 e. The van der Waals surface area contributed by atoms with Crippen molar-refractivity contribution in [3.05, 3.63) is 53.6 Å². The van der Waals surface area contributed by atoms with Crippen molar-refractivity contribution in [2.24, 2.45) is 0 Å². The molecule has 0 saturated carbocycles. The number of rotatable bonds is 2. The maximum atomic E-state index is 8.85. The van der Waals surface area contributed by atoms with Gasteiger partial charge in [-0.15, -0.1) is 0 Å². The summed E-state index contributed by atoms with van der Waals surface area (Å²) < 4.78 is 5.35. The monoisotopic (exact) mass is 223 g/mol. The third kappa shape index (κ3) is 2.14. The van der Waals surface area contributed by atoms with E-state index in [9.17, 15) is 0 Å². The van der Waals surface area contributed by atoms with Crippen LogP contribution in [0.4, 0.5) is 0 Å². The predicted octanol–water partition coefficient (Wildman–Crippen LogP) is 3.54. The van der Waals surface area contributed by atoms with Gasteiger partial charge in [0.25, 0.3) is 0 Å². The number of hydrogen-bond acceptors (Lipinski definition) is 2. The van der Waals surface area contributed by atoms with Crippen molar-refractivity contribution in [3.63, 3.8) is 0 Å². The molecule has 84 valence electrons. The fourth-order valence-corrected chi connectivity index (χ4v) is 1.90. The standard InChI is InChI=1S/C15H13NO/c1-11-9-12(10-16)7-8-13(11)14-5-3-4-6-15(14)17-2/h3-9H,1-2H3. The van der Waals surface area contributed by atoms with Crippen LogP contribution in [0.2, 0.25) is 0 Å². The van der Waals surface area contributed by atoms with Crippen LogP contribution in [0.1, 0.15) is 11.1 Å². The van der Waals surface area contributed by atoms with Gasteiger partial charge in [0.15, 0.2) is 0 Å². The molecule has 2 nitrogen and oxygen atoms in total. The molecule has 0 unspecified atom stereocenters. The molecule has 0 fully saturated rings. The molecule has 0 heterocycles. The van der Waals surface area contributed by atoms with Crippen LogP contribution in [0.25, 0.3) is 11.1 Å². The molecular weight excluding hydrogens is 210 g/mol. The van der Waals surface area contributed by atoms with Crippen LogP contribution in [0.5, 0.6) is 5.75 Å². The van der Waals surface area contributed by atoms with E-state index in [-0.39, 0.29) is 0 Å². The summed E-state index contributed by atoms with van der Waals surface area (Å²) >= 11 is 0. The van der Waals surface area contributed by atoms with Gasteiger partial charge in [-0.05, 0) is 36.2 Å². The molecule has 0 spiro atoms. The normalized spacial score (nSPS) is 9.71. The molecule has 0 aliphatic heterocycles. The average molecular weight is 223 g/mol. The Morgan fingerprint density at radius 1 is 1.06 bits per heavy atom. The zero-order valence-electron chi connectivity index (χ0n) is 9.90. The van der Waals surface area contributed by atoms with Crippen molar-refractivity contribution in [3.8, 4) is 22.9 Å². The van der Waals surface area contributed by atoms with Gasteiger partial charge >= 0.3 is 0 Å². The topological polar surface area (TPSA) is 33.0 Å². The van der Waals surface area contributed by atoms with Gasteiger partial charge < -0.3 is 4.74 Å². The molecule has 0 atom stereocenters. The lowest BCUT2D eigenvalue weighted by molar-refractivity contribution is 0.416. The molecule has 2 heteroatoms. The van der Waals surface area contributed by atoms with Crippen molar-refractivity contribution in [2.75, 3.05) is 7.11 Å². The van der Waals surface area contributed by atoms with E-state index < -0.39 is 0 Å². The van der Waals surface area contributed by atoms with Crippen molar-refractivity contribution in [1.29, 1.82) is 5.26 Å². The van der Waals surface area contributed by atoms with Gasteiger partial charge in [-0.2, -0.15) is 5.26 Å². The number of methoxy groups -OCH3 is 1. The van der Waals surface area contributed by atoms with Crippen LogP contribution in [0.15, 0.2) is 42.5 Å². The van der Waals surface area contributed by atoms with Crippen LogP contribution < -0.4 is 4.74 Å². The average Bonchev–Trinajstić information content (AvgIpc) is 2.38. The zero-order valence-corrected chi connectivity index (χ0v) is 9.90. The molecule has 0 aliphatic rings. The van der Waals surface area contributed by atoms with Crippen molar-refractivity contribution in [2.45, 2.75) is 6.92 Å². The summed E-state index contributed by atoms with van der Waals surface area (Å²) in [4.78, 5) is 0. The maximum Gasteiger partial charge on any atom is 0.126 e. The van der Waals surface area contributed by atoms with Gasteiger partial charge in [-0.1, -0.05) is 24.3 Å². The van der Waals surface area contributed by atoms with Crippen LogP contribution in [0, 0.1) is 18.3 Å². The van der Waals surface area contributed by atoms with Gasteiger partial charge in [-0.3, -0.25) is 0 Å². The first-order chi connectivity index (χ1) is 8.26. The number of nitrogens with zero attached hydrogens (tertiary/aromatic N) is 1. The van der Waals surface area contributed by atoms with Crippen molar-refractivity contribution < 1.29 is 4.74 Å². The third-order valence-corrected chi connectivity index (χ3v) is 2.75. The van der Waals surface area contributed by atoms with E-state index in [1.54, 1.807) is 7.11 Å². The van der Waals surface area contributed by atoms with Crippen LogP contribution >= 0.6 is 0 Å². The Morgan fingerprint density at radius 3 is 2.47 bits per heavy atom. The Kier molecular flexibility index (Phi) is 3.11. The Labute approximate surface area is 101 Å². The highest BCUT2D eigenvalue weighted by Crippen LogP contribution is 2.32. The first kappa shape index (κ1) is 11.2. The van der Waals surface area contributed by atoms with Crippen LogP contribution in [0.3, 0.4) is 0 Å². The van der Waals surface area contributed by atoms with Gasteiger partial charge in [0.2, 0.25) is 0 Å². The fraction of sp³-hybridized carbons (Fsp3) is 0.133. The predicted molar refractivity (Wildman–Crippen MR) is 67.9 cm³/mol. The van der Waals surface area contributed by atoms with Gasteiger partial charge in [0, 0.05) is 5.56 Å². The first-order valence-corrected chi connectivity index (χ1v) is 5.40. The summed E-state index contributed by atoms with van der Waals surface area (Å²) in [6.07, 6.45) is 0. The van der Waals surface area contributed by atoms with E-state index >= 15 is 0 Å². The molecule has 0 amide bonds. The fourth-order valence-electron chi connectivity index (χ4n) is 1.90. The lowest BCUT2D eigenvalue weighted by Crippen LogP contribution is -1.90. The molecule has 0 radical (unpaired) electrons. The Bertz CT molecular complexity index is 582. The molecule has 0 N–H and O–H groups in total. The third-order valence-electron chi connectivity index (χ3n) is 2.75. The Hall–Kier alpha value is -2.27. The molecule has 2 aromatic rings. The first-order valence-electron chi connectivity index (χ1n) is 5.40. The van der Waals surface area contributed by atoms with E-state index in [0.29, 0.717) is 5.56 Å². The number of benzene rings is 2. The molecule has 0 bridgehead atoms. The number of aryl methyl sites for hydroxylation is 1. The summed E-state index contributed by atoms with van der Waals surface area (Å²) in [6.45, 7) is 2.00. The SMILES string of the molecule is COc1ccccc1-c1ccc(C#N)cc1C. The molecule has 0 saturated heterocycles. The number of ether oxygens (including phenoxy) is 1. The lowest BCUT2D eigenvalue weighted by Gasteiger charge is -2.10. The lowest BCUT2D eigenvalue weighted by atomic mass is 9.98. The minimum Gasteiger partial charge on any atom is -0.496 e. The highest BCUT2D eigenvalue weighted by atomic mass is 16.5. The zero-order chi connectivity index (χ0) is 12.3. The minimum atomic E-state index is 0.682. The maximum absolute atomic E-state index is 8.85. The molecule has 2 aromatic carbocycles. The second-order valence-corrected chi connectivity index (χ2v) is 3.84. The second-order valence-electron chi connectivity index (χ2n) is 3.84. The summed E-state index contributed by atoms with van der Waals surface area (Å²) in [5.41, 5.74) is 3.91. The second kappa shape index (κ2) is 4.71. The summed E-state index contributed by atoms with van der Waals surface area (Å²) in [5.74, 6) is 0.848. The number of hydrogen-bond donors (Lipinski definition) is 0. The highest BCUT2D eigenvalue weighted by molar-refractivity contribution is 5.73. The van der Waals surface area contributed by atoms with Gasteiger partial charge in [-0.25, -0.2) is 0 Å². The molecule has 17 heavy (non-hydrogen) atoms. The van der Waals surface area contributed by atoms with E-state index in [4.69, 9.17) is 10.00 Å². The minimum absolute atomic E-state index is 0.682. The van der Waals surface area contributed by atoms with Crippen molar-refractivity contribution >= 4 is 0 Å². The summed E-state index contributed by atoms with van der Waals surface area (Å²) in [7, 11) is 1.66. The smallest absolute Gasteiger partial charge is 0.126 e.